The number of hydrogen-bond acceptors (Lipinski definition) is 2. The molecule has 13 heavy (non-hydrogen) atoms. The maximum absolute atomic E-state index is 6.07. The van der Waals surface area contributed by atoms with Crippen molar-refractivity contribution in [2.75, 3.05) is 12.0 Å². The van der Waals surface area contributed by atoms with Crippen molar-refractivity contribution in [1.29, 1.82) is 0 Å². The molecule has 1 aromatic rings. The van der Waals surface area contributed by atoms with Gasteiger partial charge in [0.1, 0.15) is 0 Å². The first-order valence-electron chi connectivity index (χ1n) is 4.15. The summed E-state index contributed by atoms with van der Waals surface area (Å²) in [5, 5.41) is 7.91. The van der Waals surface area contributed by atoms with Gasteiger partial charge in [-0.05, 0) is 19.1 Å². The predicted octanol–water partition coefficient (Wildman–Crippen LogP) is 3.03. The largest absolute Gasteiger partial charge is 0.371 e. The first kappa shape index (κ1) is 9.13. The van der Waals surface area contributed by atoms with Crippen LogP contribution in [0.15, 0.2) is 12.1 Å². The Kier molecular flexibility index (Phi) is 2.37. The smallest absolute Gasteiger partial charge is 0.0658 e. The van der Waals surface area contributed by atoms with Gasteiger partial charge >= 0.3 is 0 Å². The molecule has 2 rings (SSSR count). The molecule has 1 aromatic carbocycles. The molecule has 0 bridgehead atoms. The molecular formula is C9H10Cl2N2. The molecule has 1 atom stereocenters. The van der Waals surface area contributed by atoms with Crippen molar-refractivity contribution in [3.8, 4) is 0 Å². The molecule has 0 aliphatic carbocycles. The monoisotopic (exact) mass is 216 g/mol. The second-order valence-electron chi connectivity index (χ2n) is 3.10. The van der Waals surface area contributed by atoms with Gasteiger partial charge in [-0.25, -0.2) is 0 Å². The summed E-state index contributed by atoms with van der Waals surface area (Å²) in [7, 11) is 0. The summed E-state index contributed by atoms with van der Waals surface area (Å²) in [6.45, 7) is 2.80. The number of fused-ring (bicyclic) bond motifs is 1. The highest BCUT2D eigenvalue weighted by molar-refractivity contribution is 6.36. The summed E-state index contributed by atoms with van der Waals surface area (Å²) < 4.78 is 0. The SMILES string of the molecule is CC1NCNc2c(Cl)ccc(Cl)c21. The van der Waals surface area contributed by atoms with Crippen molar-refractivity contribution in [3.05, 3.63) is 27.7 Å². The lowest BCUT2D eigenvalue weighted by molar-refractivity contribution is 0.584. The molecular weight excluding hydrogens is 207 g/mol. The quantitative estimate of drug-likeness (QED) is 0.697. The minimum Gasteiger partial charge on any atom is -0.371 e. The molecule has 1 aliphatic heterocycles. The van der Waals surface area contributed by atoms with E-state index in [2.05, 4.69) is 17.6 Å². The summed E-state index contributed by atoms with van der Waals surface area (Å²) in [6.07, 6.45) is 0. The van der Waals surface area contributed by atoms with Gasteiger partial charge in [0.2, 0.25) is 0 Å². The van der Waals surface area contributed by atoms with Crippen LogP contribution in [0.5, 0.6) is 0 Å². The van der Waals surface area contributed by atoms with Crippen molar-refractivity contribution in [2.24, 2.45) is 0 Å². The fourth-order valence-corrected chi connectivity index (χ4v) is 2.12. The third-order valence-electron chi connectivity index (χ3n) is 2.25. The van der Waals surface area contributed by atoms with Crippen molar-refractivity contribution in [1.82, 2.24) is 5.32 Å². The van der Waals surface area contributed by atoms with Crippen molar-refractivity contribution >= 4 is 28.9 Å². The number of rotatable bonds is 0. The minimum atomic E-state index is 0.252. The van der Waals surface area contributed by atoms with Crippen LogP contribution in [0.4, 0.5) is 5.69 Å². The lowest BCUT2D eigenvalue weighted by atomic mass is 10.0. The molecule has 0 saturated carbocycles. The molecule has 1 unspecified atom stereocenters. The fraction of sp³-hybridized carbons (Fsp3) is 0.333. The van der Waals surface area contributed by atoms with Crippen LogP contribution in [0.3, 0.4) is 0 Å². The molecule has 70 valence electrons. The highest BCUT2D eigenvalue weighted by Crippen LogP contribution is 2.37. The lowest BCUT2D eigenvalue weighted by Crippen LogP contribution is -2.31. The van der Waals surface area contributed by atoms with Gasteiger partial charge in [0.05, 0.1) is 17.4 Å². The van der Waals surface area contributed by atoms with Gasteiger partial charge in [-0.3, -0.25) is 5.32 Å². The summed E-state index contributed by atoms with van der Waals surface area (Å²) >= 11 is 12.1. The Balaban J connectivity index is 2.60. The van der Waals surface area contributed by atoms with E-state index < -0.39 is 0 Å². The Morgan fingerprint density at radius 1 is 1.31 bits per heavy atom. The molecule has 0 radical (unpaired) electrons. The molecule has 0 saturated heterocycles. The van der Waals surface area contributed by atoms with E-state index in [4.69, 9.17) is 23.2 Å². The van der Waals surface area contributed by atoms with Gasteiger partial charge in [0, 0.05) is 16.6 Å². The van der Waals surface area contributed by atoms with Crippen LogP contribution in [0.1, 0.15) is 18.5 Å². The normalized spacial score (nSPS) is 20.7. The molecule has 0 aromatic heterocycles. The standard InChI is InChI=1S/C9H10Cl2N2/c1-5-8-6(10)2-3-7(11)9(8)13-4-12-5/h2-3,5,12-13H,4H2,1H3. The number of halogens is 2. The molecule has 0 spiro atoms. The zero-order chi connectivity index (χ0) is 9.42. The van der Waals surface area contributed by atoms with Gasteiger partial charge in [-0.2, -0.15) is 0 Å². The summed E-state index contributed by atoms with van der Waals surface area (Å²) in [6, 6.07) is 3.89. The Labute approximate surface area is 87.2 Å². The van der Waals surface area contributed by atoms with Gasteiger partial charge < -0.3 is 5.32 Å². The average Bonchev–Trinajstić information content (AvgIpc) is 2.12. The van der Waals surface area contributed by atoms with Gasteiger partial charge in [-0.1, -0.05) is 23.2 Å². The summed E-state index contributed by atoms with van der Waals surface area (Å²) in [4.78, 5) is 0. The number of anilines is 1. The van der Waals surface area contributed by atoms with Crippen LogP contribution in [0.2, 0.25) is 10.0 Å². The van der Waals surface area contributed by atoms with E-state index in [0.29, 0.717) is 0 Å². The molecule has 1 heterocycles. The van der Waals surface area contributed by atoms with Crippen LogP contribution in [0, 0.1) is 0 Å². The third kappa shape index (κ3) is 1.50. The second-order valence-corrected chi connectivity index (χ2v) is 3.91. The molecule has 0 fully saturated rings. The summed E-state index contributed by atoms with van der Waals surface area (Å²) in [5.41, 5.74) is 2.01. The average molecular weight is 217 g/mol. The molecule has 2 N–H and O–H groups in total. The maximum atomic E-state index is 6.07. The summed E-state index contributed by atoms with van der Waals surface area (Å²) in [5.74, 6) is 0. The van der Waals surface area contributed by atoms with Crippen LogP contribution in [-0.4, -0.2) is 6.67 Å². The van der Waals surface area contributed by atoms with Gasteiger partial charge in [-0.15, -0.1) is 0 Å². The maximum Gasteiger partial charge on any atom is 0.0658 e. The molecule has 0 amide bonds. The van der Waals surface area contributed by atoms with E-state index in [-0.39, 0.29) is 6.04 Å². The lowest BCUT2D eigenvalue weighted by Gasteiger charge is -2.27. The van der Waals surface area contributed by atoms with E-state index >= 15 is 0 Å². The fourth-order valence-electron chi connectivity index (χ4n) is 1.57. The van der Waals surface area contributed by atoms with Crippen LogP contribution in [0.25, 0.3) is 0 Å². The predicted molar refractivity (Wildman–Crippen MR) is 56.5 cm³/mol. The zero-order valence-corrected chi connectivity index (χ0v) is 8.71. The molecule has 1 aliphatic rings. The Bertz CT molecular complexity index is 339. The van der Waals surface area contributed by atoms with E-state index in [1.165, 1.54) is 0 Å². The third-order valence-corrected chi connectivity index (χ3v) is 2.89. The zero-order valence-electron chi connectivity index (χ0n) is 7.20. The van der Waals surface area contributed by atoms with Gasteiger partial charge in [0.15, 0.2) is 0 Å². The topological polar surface area (TPSA) is 24.1 Å². The highest BCUT2D eigenvalue weighted by atomic mass is 35.5. The van der Waals surface area contributed by atoms with E-state index in [9.17, 15) is 0 Å². The van der Waals surface area contributed by atoms with E-state index in [1.54, 1.807) is 0 Å². The van der Waals surface area contributed by atoms with Crippen LogP contribution >= 0.6 is 23.2 Å². The van der Waals surface area contributed by atoms with Crippen molar-refractivity contribution in [3.63, 3.8) is 0 Å². The highest BCUT2D eigenvalue weighted by Gasteiger charge is 2.20. The first-order valence-corrected chi connectivity index (χ1v) is 4.91. The Morgan fingerprint density at radius 3 is 2.69 bits per heavy atom. The van der Waals surface area contributed by atoms with Crippen LogP contribution < -0.4 is 10.6 Å². The van der Waals surface area contributed by atoms with Crippen LogP contribution in [-0.2, 0) is 0 Å². The number of hydrogen-bond donors (Lipinski definition) is 2. The number of nitrogens with one attached hydrogen (secondary N) is 2. The second kappa shape index (κ2) is 3.37. The number of benzene rings is 1. The van der Waals surface area contributed by atoms with E-state index in [0.717, 1.165) is 28.0 Å². The Morgan fingerprint density at radius 2 is 2.00 bits per heavy atom. The Hall–Kier alpha value is -0.440. The van der Waals surface area contributed by atoms with Crippen molar-refractivity contribution < 1.29 is 0 Å². The van der Waals surface area contributed by atoms with Crippen molar-refractivity contribution in [2.45, 2.75) is 13.0 Å². The van der Waals surface area contributed by atoms with E-state index in [1.807, 2.05) is 12.1 Å². The van der Waals surface area contributed by atoms with Gasteiger partial charge in [0.25, 0.3) is 0 Å². The molecule has 2 nitrogen and oxygen atoms in total. The first-order chi connectivity index (χ1) is 6.20. The molecule has 4 heteroatoms. The minimum absolute atomic E-state index is 0.252.